The van der Waals surface area contributed by atoms with Crippen molar-refractivity contribution in [3.8, 4) is 0 Å². The van der Waals surface area contributed by atoms with Gasteiger partial charge in [-0.25, -0.2) is 4.79 Å². The minimum atomic E-state index is -4.12. The highest BCUT2D eigenvalue weighted by atomic mass is 32.2. The molecular weight excluding hydrogens is 240 g/mol. The predicted octanol–water partition coefficient (Wildman–Crippen LogP) is -0.890. The first-order valence-corrected chi connectivity index (χ1v) is 6.00. The van der Waals surface area contributed by atoms with Crippen molar-refractivity contribution in [1.82, 2.24) is 0 Å². The third-order valence-electron chi connectivity index (χ3n) is 1.28. The smallest absolute Gasteiger partial charge is 0.340 e. The molecule has 94 valence electrons. The number of carbonyl (C=O) groups excluding carboxylic acids is 1. The molecule has 1 unspecified atom stereocenters. The summed E-state index contributed by atoms with van der Waals surface area (Å²) in [5, 5.41) is 17.6. The zero-order chi connectivity index (χ0) is 12.6. The molecule has 8 heteroatoms. The van der Waals surface area contributed by atoms with Crippen molar-refractivity contribution < 1.29 is 32.6 Å². The van der Waals surface area contributed by atoms with Crippen LogP contribution in [0.1, 0.15) is 13.3 Å². The van der Waals surface area contributed by atoms with E-state index >= 15 is 0 Å². The number of aliphatic hydroxyl groups is 2. The van der Waals surface area contributed by atoms with Crippen molar-refractivity contribution in [3.05, 3.63) is 12.2 Å². The average molecular weight is 254 g/mol. The molecule has 0 spiro atoms. The highest BCUT2D eigenvalue weighted by Gasteiger charge is 2.18. The Kier molecular flexibility index (Phi) is 6.90. The van der Waals surface area contributed by atoms with Gasteiger partial charge in [0, 0.05) is 13.5 Å². The Morgan fingerprint density at radius 3 is 2.62 bits per heavy atom. The number of carbonyl (C=O) groups is 1. The first-order valence-electron chi connectivity index (χ1n) is 4.42. The molecule has 16 heavy (non-hydrogen) atoms. The van der Waals surface area contributed by atoms with Gasteiger partial charge in [0.15, 0.2) is 0 Å². The summed E-state index contributed by atoms with van der Waals surface area (Å²) < 4.78 is 25.9. The van der Waals surface area contributed by atoms with Gasteiger partial charge in [-0.1, -0.05) is 16.5 Å². The third-order valence-corrected chi connectivity index (χ3v) is 2.31. The lowest BCUT2D eigenvalue weighted by Crippen LogP contribution is -2.21. The van der Waals surface area contributed by atoms with Gasteiger partial charge in [-0.15, -0.1) is 0 Å². The molecular formula is C8H14O7S. The number of aliphatic hydroxyl groups excluding tert-OH is 2. The molecule has 0 amide bonds. The Labute approximate surface area is 93.3 Å². The van der Waals surface area contributed by atoms with E-state index < -0.39 is 27.9 Å². The van der Waals surface area contributed by atoms with E-state index in [1.807, 2.05) is 0 Å². The quantitative estimate of drug-likeness (QED) is 0.344. The SMILES string of the molecule is CC(=O)OOS(=O)(=O)CC(O)/C=C/CCO. The van der Waals surface area contributed by atoms with Crippen LogP contribution in [0.4, 0.5) is 0 Å². The largest absolute Gasteiger partial charge is 0.396 e. The van der Waals surface area contributed by atoms with E-state index in [1.54, 1.807) is 0 Å². The number of hydrogen-bond acceptors (Lipinski definition) is 7. The van der Waals surface area contributed by atoms with Crippen LogP contribution in [-0.4, -0.2) is 43.1 Å². The molecule has 0 radical (unpaired) electrons. The highest BCUT2D eigenvalue weighted by molar-refractivity contribution is 7.86. The number of hydrogen-bond donors (Lipinski definition) is 2. The molecule has 0 aromatic carbocycles. The summed E-state index contributed by atoms with van der Waals surface area (Å²) >= 11 is 0. The van der Waals surface area contributed by atoms with Gasteiger partial charge in [0.2, 0.25) is 0 Å². The van der Waals surface area contributed by atoms with Gasteiger partial charge in [-0.05, 0) is 6.42 Å². The monoisotopic (exact) mass is 254 g/mol. The fourth-order valence-corrected chi connectivity index (χ4v) is 1.50. The molecule has 7 nitrogen and oxygen atoms in total. The summed E-state index contributed by atoms with van der Waals surface area (Å²) in [6.07, 6.45) is 1.64. The van der Waals surface area contributed by atoms with Gasteiger partial charge in [0.05, 0.1) is 6.10 Å². The molecule has 0 saturated carbocycles. The maximum Gasteiger partial charge on any atom is 0.340 e. The minimum absolute atomic E-state index is 0.0973. The van der Waals surface area contributed by atoms with Crippen molar-refractivity contribution in [2.75, 3.05) is 12.4 Å². The van der Waals surface area contributed by atoms with Gasteiger partial charge in [-0.3, -0.25) is 4.89 Å². The summed E-state index contributed by atoms with van der Waals surface area (Å²) in [7, 11) is -4.12. The summed E-state index contributed by atoms with van der Waals surface area (Å²) in [5.41, 5.74) is 0. The van der Waals surface area contributed by atoms with E-state index in [4.69, 9.17) is 5.11 Å². The van der Waals surface area contributed by atoms with E-state index in [9.17, 15) is 18.3 Å². The van der Waals surface area contributed by atoms with Crippen LogP contribution in [0.3, 0.4) is 0 Å². The molecule has 0 rings (SSSR count). The molecule has 0 aliphatic carbocycles. The van der Waals surface area contributed by atoms with E-state index in [-0.39, 0.29) is 6.61 Å². The Morgan fingerprint density at radius 1 is 1.50 bits per heavy atom. The van der Waals surface area contributed by atoms with Crippen molar-refractivity contribution in [2.45, 2.75) is 19.4 Å². The average Bonchev–Trinajstić information content (AvgIpc) is 2.15. The van der Waals surface area contributed by atoms with Crippen molar-refractivity contribution in [3.63, 3.8) is 0 Å². The number of rotatable bonds is 7. The molecule has 1 atom stereocenters. The molecule has 2 N–H and O–H groups in total. The first kappa shape index (κ1) is 15.0. The van der Waals surface area contributed by atoms with Crippen LogP contribution in [-0.2, 0) is 24.1 Å². The van der Waals surface area contributed by atoms with Crippen molar-refractivity contribution >= 4 is 16.1 Å². The van der Waals surface area contributed by atoms with Gasteiger partial charge in [0.1, 0.15) is 5.75 Å². The van der Waals surface area contributed by atoms with Gasteiger partial charge in [0.25, 0.3) is 0 Å². The zero-order valence-electron chi connectivity index (χ0n) is 8.70. The van der Waals surface area contributed by atoms with E-state index in [0.717, 1.165) is 6.92 Å². The van der Waals surface area contributed by atoms with E-state index in [2.05, 4.69) is 9.22 Å². The second-order valence-corrected chi connectivity index (χ2v) is 4.46. The van der Waals surface area contributed by atoms with Crippen LogP contribution < -0.4 is 0 Å². The fourth-order valence-electron chi connectivity index (χ4n) is 0.720. The van der Waals surface area contributed by atoms with Crippen LogP contribution in [0.2, 0.25) is 0 Å². The predicted molar refractivity (Wildman–Crippen MR) is 53.5 cm³/mol. The summed E-state index contributed by atoms with van der Waals surface area (Å²) in [6.45, 7) is 0.882. The molecule has 0 fully saturated rings. The lowest BCUT2D eigenvalue weighted by atomic mass is 10.3. The Hall–Kier alpha value is -0.960. The van der Waals surface area contributed by atoms with Crippen LogP contribution in [0.5, 0.6) is 0 Å². The Bertz CT molecular complexity index is 332. The van der Waals surface area contributed by atoms with Crippen LogP contribution >= 0.6 is 0 Å². The first-order chi connectivity index (χ1) is 7.37. The lowest BCUT2D eigenvalue weighted by Gasteiger charge is -2.05. The topological polar surface area (TPSA) is 110 Å². The molecule has 0 aliphatic rings. The van der Waals surface area contributed by atoms with E-state index in [1.165, 1.54) is 12.2 Å². The zero-order valence-corrected chi connectivity index (χ0v) is 9.51. The normalized spacial score (nSPS) is 13.9. The molecule has 0 bridgehead atoms. The van der Waals surface area contributed by atoms with Gasteiger partial charge in [-0.2, -0.15) is 8.42 Å². The Balaban J connectivity index is 4.10. The maximum absolute atomic E-state index is 11.0. The third kappa shape index (κ3) is 8.36. The molecule has 0 aromatic rings. The van der Waals surface area contributed by atoms with Crippen LogP contribution in [0.25, 0.3) is 0 Å². The van der Waals surface area contributed by atoms with Crippen LogP contribution in [0.15, 0.2) is 12.2 Å². The van der Waals surface area contributed by atoms with E-state index in [0.29, 0.717) is 6.42 Å². The van der Waals surface area contributed by atoms with Gasteiger partial charge >= 0.3 is 16.1 Å². The second kappa shape index (κ2) is 7.34. The van der Waals surface area contributed by atoms with Gasteiger partial charge < -0.3 is 10.2 Å². The molecule has 0 heterocycles. The minimum Gasteiger partial charge on any atom is -0.396 e. The maximum atomic E-state index is 11.0. The summed E-state index contributed by atoms with van der Waals surface area (Å²) in [6, 6.07) is 0. The summed E-state index contributed by atoms with van der Waals surface area (Å²) in [4.78, 5) is 14.1. The lowest BCUT2D eigenvalue weighted by molar-refractivity contribution is -0.208. The Morgan fingerprint density at radius 2 is 2.12 bits per heavy atom. The highest BCUT2D eigenvalue weighted by Crippen LogP contribution is 2.00. The molecule has 0 aromatic heterocycles. The summed E-state index contributed by atoms with van der Waals surface area (Å²) in [5.74, 6) is -1.64. The van der Waals surface area contributed by atoms with Crippen molar-refractivity contribution in [2.24, 2.45) is 0 Å². The molecule has 0 saturated heterocycles. The second-order valence-electron chi connectivity index (χ2n) is 2.88. The fraction of sp³-hybridized carbons (Fsp3) is 0.625. The van der Waals surface area contributed by atoms with Crippen molar-refractivity contribution in [1.29, 1.82) is 0 Å². The standard InChI is InChI=1S/C8H14O7S/c1-7(10)14-15-16(12,13)6-8(11)4-2-3-5-9/h2,4,8-9,11H,3,5-6H2,1H3/b4-2+. The molecule has 0 aliphatic heterocycles. The van der Waals surface area contributed by atoms with Crippen LogP contribution in [0, 0.1) is 0 Å².